The summed E-state index contributed by atoms with van der Waals surface area (Å²) in [5.41, 5.74) is 0.855. The van der Waals surface area contributed by atoms with E-state index in [4.69, 9.17) is 0 Å². The van der Waals surface area contributed by atoms with E-state index in [0.717, 1.165) is 24.4 Å². The molecule has 0 bridgehead atoms. The van der Waals surface area contributed by atoms with Gasteiger partial charge in [0.1, 0.15) is 0 Å². The van der Waals surface area contributed by atoms with E-state index in [1.54, 1.807) is 0 Å². The molecule has 0 aliphatic carbocycles. The van der Waals surface area contributed by atoms with Crippen LogP contribution >= 0.6 is 11.8 Å². The lowest BCUT2D eigenvalue weighted by molar-refractivity contribution is -0.114. The average Bonchev–Trinajstić information content (AvgIpc) is 2.40. The van der Waals surface area contributed by atoms with Crippen molar-refractivity contribution >= 4 is 23.4 Å². The number of nitrogens with one attached hydrogen (secondary N) is 2. The normalized spacial score (nSPS) is 12.2. The summed E-state index contributed by atoms with van der Waals surface area (Å²) in [5, 5.41) is 6.32. The molecule has 2 N–H and O–H groups in total. The summed E-state index contributed by atoms with van der Waals surface area (Å²) < 4.78 is 0. The van der Waals surface area contributed by atoms with Crippen LogP contribution in [0.15, 0.2) is 29.2 Å². The van der Waals surface area contributed by atoms with Crippen LogP contribution in [0.3, 0.4) is 0 Å². The van der Waals surface area contributed by atoms with E-state index in [1.165, 1.54) is 18.2 Å². The molecule has 0 radical (unpaired) electrons. The van der Waals surface area contributed by atoms with Gasteiger partial charge in [0.2, 0.25) is 5.91 Å². The van der Waals surface area contributed by atoms with Crippen LogP contribution in [-0.2, 0) is 4.79 Å². The Balaban J connectivity index is 2.41. The van der Waals surface area contributed by atoms with Crippen LogP contribution in [0.25, 0.3) is 0 Å². The molecule has 0 aromatic heterocycles. The molecule has 1 unspecified atom stereocenters. The predicted molar refractivity (Wildman–Crippen MR) is 83.8 cm³/mol. The maximum atomic E-state index is 10.9. The summed E-state index contributed by atoms with van der Waals surface area (Å²) in [6.45, 7) is 7.01. The Labute approximate surface area is 120 Å². The highest BCUT2D eigenvalue weighted by atomic mass is 32.2. The summed E-state index contributed by atoms with van der Waals surface area (Å²) in [6, 6.07) is 8.58. The third kappa shape index (κ3) is 6.64. The lowest BCUT2D eigenvalue weighted by Gasteiger charge is -2.16. The fourth-order valence-corrected chi connectivity index (χ4v) is 2.78. The van der Waals surface area contributed by atoms with Gasteiger partial charge in [-0.05, 0) is 43.7 Å². The molecule has 1 rings (SSSR count). The van der Waals surface area contributed by atoms with Crippen molar-refractivity contribution in [3.05, 3.63) is 24.3 Å². The minimum atomic E-state index is -0.0322. The zero-order valence-electron chi connectivity index (χ0n) is 12.0. The van der Waals surface area contributed by atoms with E-state index < -0.39 is 0 Å². The standard InChI is InChI=1S/C15H24N2OS/c1-4-10-16-13(5-2)11-19-15-8-6-14(7-9-15)17-12(3)18/h6-9,13,16H,4-5,10-11H2,1-3H3,(H,17,18). The summed E-state index contributed by atoms with van der Waals surface area (Å²) >= 11 is 1.86. The number of thioether (sulfide) groups is 1. The zero-order valence-corrected chi connectivity index (χ0v) is 12.8. The predicted octanol–water partition coefficient (Wildman–Crippen LogP) is 3.52. The summed E-state index contributed by atoms with van der Waals surface area (Å²) in [6.07, 6.45) is 2.32. The molecular weight excluding hydrogens is 256 g/mol. The molecule has 0 spiro atoms. The van der Waals surface area contributed by atoms with Crippen LogP contribution in [0.2, 0.25) is 0 Å². The van der Waals surface area contributed by atoms with Gasteiger partial charge in [-0.2, -0.15) is 0 Å². The maximum absolute atomic E-state index is 10.9. The van der Waals surface area contributed by atoms with Crippen molar-refractivity contribution in [1.82, 2.24) is 5.32 Å². The number of benzene rings is 1. The second-order valence-electron chi connectivity index (χ2n) is 4.58. The van der Waals surface area contributed by atoms with Crippen LogP contribution in [-0.4, -0.2) is 24.2 Å². The van der Waals surface area contributed by atoms with Gasteiger partial charge in [0, 0.05) is 29.3 Å². The molecule has 0 aliphatic heterocycles. The van der Waals surface area contributed by atoms with E-state index >= 15 is 0 Å². The third-order valence-electron chi connectivity index (χ3n) is 2.80. The van der Waals surface area contributed by atoms with Gasteiger partial charge < -0.3 is 10.6 Å². The molecule has 1 aromatic rings. The first-order valence-electron chi connectivity index (χ1n) is 6.89. The largest absolute Gasteiger partial charge is 0.326 e. The average molecular weight is 280 g/mol. The second kappa shape index (κ2) is 8.99. The van der Waals surface area contributed by atoms with E-state index in [9.17, 15) is 4.79 Å². The van der Waals surface area contributed by atoms with Crippen molar-refractivity contribution < 1.29 is 4.79 Å². The summed E-state index contributed by atoms with van der Waals surface area (Å²) in [5.74, 6) is 1.05. The van der Waals surface area contributed by atoms with Gasteiger partial charge >= 0.3 is 0 Å². The second-order valence-corrected chi connectivity index (χ2v) is 5.67. The zero-order chi connectivity index (χ0) is 14.1. The van der Waals surface area contributed by atoms with Gasteiger partial charge in [-0.3, -0.25) is 4.79 Å². The molecule has 1 atom stereocenters. The summed E-state index contributed by atoms with van der Waals surface area (Å²) in [4.78, 5) is 12.2. The molecule has 4 heteroatoms. The Morgan fingerprint density at radius 1 is 1.26 bits per heavy atom. The Morgan fingerprint density at radius 2 is 1.95 bits per heavy atom. The van der Waals surface area contributed by atoms with E-state index in [-0.39, 0.29) is 5.91 Å². The van der Waals surface area contributed by atoms with Crippen molar-refractivity contribution in [1.29, 1.82) is 0 Å². The van der Waals surface area contributed by atoms with E-state index in [0.29, 0.717) is 6.04 Å². The van der Waals surface area contributed by atoms with Crippen LogP contribution in [0.4, 0.5) is 5.69 Å². The molecule has 1 aromatic carbocycles. The highest BCUT2D eigenvalue weighted by molar-refractivity contribution is 7.99. The smallest absolute Gasteiger partial charge is 0.221 e. The lowest BCUT2D eigenvalue weighted by Crippen LogP contribution is -2.31. The van der Waals surface area contributed by atoms with Gasteiger partial charge in [-0.1, -0.05) is 13.8 Å². The highest BCUT2D eigenvalue weighted by Crippen LogP contribution is 2.21. The lowest BCUT2D eigenvalue weighted by atomic mass is 10.2. The highest BCUT2D eigenvalue weighted by Gasteiger charge is 2.05. The van der Waals surface area contributed by atoms with Crippen LogP contribution in [0.5, 0.6) is 0 Å². The van der Waals surface area contributed by atoms with E-state index in [1.807, 2.05) is 23.9 Å². The molecule has 0 saturated carbocycles. The topological polar surface area (TPSA) is 41.1 Å². The SMILES string of the molecule is CCCNC(CC)CSc1ccc(NC(C)=O)cc1. The molecule has 19 heavy (non-hydrogen) atoms. The third-order valence-corrected chi connectivity index (χ3v) is 3.98. The quantitative estimate of drug-likeness (QED) is 0.716. The molecule has 0 fully saturated rings. The summed E-state index contributed by atoms with van der Waals surface area (Å²) in [7, 11) is 0. The van der Waals surface area contributed by atoms with E-state index in [2.05, 4.69) is 36.6 Å². The van der Waals surface area contributed by atoms with Gasteiger partial charge in [0.25, 0.3) is 0 Å². The molecule has 0 saturated heterocycles. The van der Waals surface area contributed by atoms with Gasteiger partial charge in [-0.25, -0.2) is 0 Å². The van der Waals surface area contributed by atoms with Gasteiger partial charge in [-0.15, -0.1) is 11.8 Å². The fraction of sp³-hybridized carbons (Fsp3) is 0.533. The molecular formula is C15H24N2OS. The number of anilines is 1. The fourth-order valence-electron chi connectivity index (χ4n) is 1.70. The minimum Gasteiger partial charge on any atom is -0.326 e. The molecule has 0 heterocycles. The van der Waals surface area contributed by atoms with Crippen molar-refractivity contribution in [2.45, 2.75) is 44.6 Å². The van der Waals surface area contributed by atoms with Crippen LogP contribution in [0.1, 0.15) is 33.6 Å². The van der Waals surface area contributed by atoms with Crippen LogP contribution in [0, 0.1) is 0 Å². The van der Waals surface area contributed by atoms with Crippen molar-refractivity contribution in [2.24, 2.45) is 0 Å². The van der Waals surface area contributed by atoms with Crippen molar-refractivity contribution in [2.75, 3.05) is 17.6 Å². The van der Waals surface area contributed by atoms with Gasteiger partial charge in [0.15, 0.2) is 0 Å². The maximum Gasteiger partial charge on any atom is 0.221 e. The van der Waals surface area contributed by atoms with Crippen molar-refractivity contribution in [3.8, 4) is 0 Å². The number of amides is 1. The molecule has 3 nitrogen and oxygen atoms in total. The first-order valence-corrected chi connectivity index (χ1v) is 7.88. The number of carbonyl (C=O) groups is 1. The molecule has 1 amide bonds. The number of hydrogen-bond acceptors (Lipinski definition) is 3. The monoisotopic (exact) mass is 280 g/mol. The Bertz CT molecular complexity index is 378. The first-order chi connectivity index (χ1) is 9.15. The number of rotatable bonds is 8. The Kier molecular flexibility index (Phi) is 7.60. The van der Waals surface area contributed by atoms with Crippen molar-refractivity contribution in [3.63, 3.8) is 0 Å². The molecule has 106 valence electrons. The number of hydrogen-bond donors (Lipinski definition) is 2. The van der Waals surface area contributed by atoms with Crippen LogP contribution < -0.4 is 10.6 Å². The Hall–Kier alpha value is -1.00. The minimum absolute atomic E-state index is 0.0322. The first kappa shape index (κ1) is 16.1. The Morgan fingerprint density at radius 3 is 2.47 bits per heavy atom. The molecule has 0 aliphatic rings. The number of carbonyl (C=O) groups excluding carboxylic acids is 1. The van der Waals surface area contributed by atoms with Gasteiger partial charge in [0.05, 0.1) is 0 Å².